The van der Waals surface area contributed by atoms with Crippen molar-refractivity contribution in [1.82, 2.24) is 10.2 Å². The van der Waals surface area contributed by atoms with E-state index in [1.807, 2.05) is 32.0 Å². The lowest BCUT2D eigenvalue weighted by atomic mass is 10.0. The van der Waals surface area contributed by atoms with Gasteiger partial charge < -0.3 is 5.32 Å². The summed E-state index contributed by atoms with van der Waals surface area (Å²) in [6, 6.07) is 14.5. The normalized spacial score (nSPS) is 15.1. The lowest BCUT2D eigenvalue weighted by molar-refractivity contribution is 0.0950. The Balaban J connectivity index is 1.54. The van der Waals surface area contributed by atoms with Crippen molar-refractivity contribution in [3.05, 3.63) is 70.3 Å². The van der Waals surface area contributed by atoms with Gasteiger partial charge in [-0.05, 0) is 68.1 Å². The van der Waals surface area contributed by atoms with Gasteiger partial charge in [0.05, 0.1) is 0 Å². The van der Waals surface area contributed by atoms with Crippen molar-refractivity contribution in [2.24, 2.45) is 0 Å². The molecule has 0 aromatic heterocycles. The number of nitrogens with zero attached hydrogens (tertiary/aromatic N) is 1. The van der Waals surface area contributed by atoms with Gasteiger partial charge in [0.15, 0.2) is 0 Å². The Morgan fingerprint density at radius 2 is 1.64 bits per heavy atom. The minimum atomic E-state index is -0.00130. The van der Waals surface area contributed by atoms with E-state index in [1.54, 1.807) is 0 Å². The minimum absolute atomic E-state index is 0.00130. The van der Waals surface area contributed by atoms with E-state index in [2.05, 4.69) is 34.5 Å². The molecule has 1 N–H and O–H groups in total. The molecule has 2 aromatic carbocycles. The largest absolute Gasteiger partial charge is 0.348 e. The molecule has 1 aliphatic heterocycles. The second-order valence-corrected chi connectivity index (χ2v) is 7.08. The van der Waals surface area contributed by atoms with E-state index >= 15 is 0 Å². The Labute approximate surface area is 151 Å². The summed E-state index contributed by atoms with van der Waals surface area (Å²) in [6.45, 7) is 8.07. The van der Waals surface area contributed by atoms with E-state index in [-0.39, 0.29) is 5.91 Å². The number of amides is 1. The molecule has 25 heavy (non-hydrogen) atoms. The molecule has 1 aliphatic rings. The van der Waals surface area contributed by atoms with Gasteiger partial charge in [-0.25, -0.2) is 0 Å². The third kappa shape index (κ3) is 4.70. The standard InChI is InChI=1S/C22H28N2O/c1-17-7-6-8-21(18(17)2)22(25)23-15-19-9-11-20(12-10-19)16-24-13-4-3-5-14-24/h6-12H,3-5,13-16H2,1-2H3,(H,23,25). The third-order valence-corrected chi connectivity index (χ3v) is 5.18. The van der Waals surface area contributed by atoms with Crippen LogP contribution in [0.4, 0.5) is 0 Å². The monoisotopic (exact) mass is 336 g/mol. The van der Waals surface area contributed by atoms with Crippen LogP contribution in [0, 0.1) is 13.8 Å². The maximum Gasteiger partial charge on any atom is 0.251 e. The average molecular weight is 336 g/mol. The fraction of sp³-hybridized carbons (Fsp3) is 0.409. The van der Waals surface area contributed by atoms with Crippen LogP contribution in [-0.2, 0) is 13.1 Å². The van der Waals surface area contributed by atoms with Gasteiger partial charge in [-0.1, -0.05) is 42.8 Å². The van der Waals surface area contributed by atoms with E-state index in [1.165, 1.54) is 37.9 Å². The molecule has 0 radical (unpaired) electrons. The fourth-order valence-electron chi connectivity index (χ4n) is 3.41. The molecule has 0 atom stereocenters. The summed E-state index contributed by atoms with van der Waals surface area (Å²) in [6.07, 6.45) is 4.01. The predicted molar refractivity (Wildman–Crippen MR) is 103 cm³/mol. The maximum atomic E-state index is 12.4. The zero-order valence-corrected chi connectivity index (χ0v) is 15.3. The van der Waals surface area contributed by atoms with Gasteiger partial charge in [-0.2, -0.15) is 0 Å². The number of nitrogens with one attached hydrogen (secondary N) is 1. The van der Waals surface area contributed by atoms with Crippen molar-refractivity contribution >= 4 is 5.91 Å². The molecule has 0 unspecified atom stereocenters. The molecule has 3 heteroatoms. The first-order chi connectivity index (χ1) is 12.1. The number of benzene rings is 2. The summed E-state index contributed by atoms with van der Waals surface area (Å²) in [5, 5.41) is 3.03. The van der Waals surface area contributed by atoms with Crippen LogP contribution >= 0.6 is 0 Å². The van der Waals surface area contributed by atoms with Crippen LogP contribution in [0.5, 0.6) is 0 Å². The van der Waals surface area contributed by atoms with Crippen molar-refractivity contribution in [3.8, 4) is 0 Å². The molecule has 2 aromatic rings. The Kier molecular flexibility index (Phi) is 5.87. The molecular weight excluding hydrogens is 308 g/mol. The highest BCUT2D eigenvalue weighted by Crippen LogP contribution is 2.15. The summed E-state index contributed by atoms with van der Waals surface area (Å²) in [7, 11) is 0. The van der Waals surface area contributed by atoms with Crippen molar-refractivity contribution in [2.45, 2.75) is 46.2 Å². The zero-order valence-electron chi connectivity index (χ0n) is 15.3. The highest BCUT2D eigenvalue weighted by molar-refractivity contribution is 5.95. The van der Waals surface area contributed by atoms with E-state index in [0.717, 1.165) is 28.8 Å². The molecule has 0 saturated carbocycles. The van der Waals surface area contributed by atoms with Crippen LogP contribution in [0.25, 0.3) is 0 Å². The summed E-state index contributed by atoms with van der Waals surface area (Å²) < 4.78 is 0. The quantitative estimate of drug-likeness (QED) is 0.886. The fourth-order valence-corrected chi connectivity index (χ4v) is 3.41. The minimum Gasteiger partial charge on any atom is -0.348 e. The topological polar surface area (TPSA) is 32.3 Å². The Morgan fingerprint density at radius 3 is 2.36 bits per heavy atom. The first-order valence-electron chi connectivity index (χ1n) is 9.28. The van der Waals surface area contributed by atoms with Crippen molar-refractivity contribution in [1.29, 1.82) is 0 Å². The first-order valence-corrected chi connectivity index (χ1v) is 9.28. The van der Waals surface area contributed by atoms with Gasteiger partial charge in [0, 0.05) is 18.7 Å². The molecule has 0 spiro atoms. The van der Waals surface area contributed by atoms with Crippen LogP contribution in [-0.4, -0.2) is 23.9 Å². The zero-order chi connectivity index (χ0) is 17.6. The van der Waals surface area contributed by atoms with Gasteiger partial charge in [0.1, 0.15) is 0 Å². The summed E-state index contributed by atoms with van der Waals surface area (Å²) in [5.74, 6) is -0.00130. The molecule has 1 fully saturated rings. The van der Waals surface area contributed by atoms with Crippen molar-refractivity contribution in [2.75, 3.05) is 13.1 Å². The molecule has 1 heterocycles. The van der Waals surface area contributed by atoms with Crippen LogP contribution in [0.2, 0.25) is 0 Å². The molecule has 3 rings (SSSR count). The number of hydrogen-bond donors (Lipinski definition) is 1. The van der Waals surface area contributed by atoms with Gasteiger partial charge >= 0.3 is 0 Å². The number of likely N-dealkylation sites (tertiary alicyclic amines) is 1. The number of piperidine rings is 1. The average Bonchev–Trinajstić information content (AvgIpc) is 2.64. The lowest BCUT2D eigenvalue weighted by Crippen LogP contribution is -2.29. The summed E-state index contributed by atoms with van der Waals surface area (Å²) in [5.41, 5.74) is 5.46. The van der Waals surface area contributed by atoms with E-state index in [0.29, 0.717) is 6.54 Å². The SMILES string of the molecule is Cc1cccc(C(=O)NCc2ccc(CN3CCCCC3)cc2)c1C. The van der Waals surface area contributed by atoms with Crippen molar-refractivity contribution in [3.63, 3.8) is 0 Å². The summed E-state index contributed by atoms with van der Waals surface area (Å²) >= 11 is 0. The number of carbonyl (C=O) groups excluding carboxylic acids is 1. The third-order valence-electron chi connectivity index (χ3n) is 5.18. The highest BCUT2D eigenvalue weighted by Gasteiger charge is 2.11. The second kappa shape index (κ2) is 8.30. The molecular formula is C22H28N2O. The van der Waals surface area contributed by atoms with E-state index in [9.17, 15) is 4.79 Å². The molecule has 3 nitrogen and oxygen atoms in total. The molecule has 1 saturated heterocycles. The van der Waals surface area contributed by atoms with E-state index in [4.69, 9.17) is 0 Å². The smallest absolute Gasteiger partial charge is 0.251 e. The first kappa shape index (κ1) is 17.7. The van der Waals surface area contributed by atoms with Gasteiger partial charge in [-0.3, -0.25) is 9.69 Å². The van der Waals surface area contributed by atoms with Crippen molar-refractivity contribution < 1.29 is 4.79 Å². The van der Waals surface area contributed by atoms with Gasteiger partial charge in [0.2, 0.25) is 0 Å². The van der Waals surface area contributed by atoms with Crippen LogP contribution in [0.3, 0.4) is 0 Å². The number of carbonyl (C=O) groups is 1. The predicted octanol–water partition coefficient (Wildman–Crippen LogP) is 4.22. The Hall–Kier alpha value is -2.13. The molecule has 1 amide bonds. The van der Waals surface area contributed by atoms with Gasteiger partial charge in [-0.15, -0.1) is 0 Å². The Morgan fingerprint density at radius 1 is 0.960 bits per heavy atom. The van der Waals surface area contributed by atoms with Gasteiger partial charge in [0.25, 0.3) is 5.91 Å². The number of aryl methyl sites for hydroxylation is 1. The van der Waals surface area contributed by atoms with Crippen LogP contribution in [0.1, 0.15) is 51.9 Å². The number of hydrogen-bond acceptors (Lipinski definition) is 2. The summed E-state index contributed by atoms with van der Waals surface area (Å²) in [4.78, 5) is 14.9. The second-order valence-electron chi connectivity index (χ2n) is 7.08. The Bertz CT molecular complexity index is 715. The lowest BCUT2D eigenvalue weighted by Gasteiger charge is -2.26. The van der Waals surface area contributed by atoms with Crippen LogP contribution in [0.15, 0.2) is 42.5 Å². The molecule has 0 bridgehead atoms. The van der Waals surface area contributed by atoms with Crippen LogP contribution < -0.4 is 5.32 Å². The molecule has 0 aliphatic carbocycles. The molecule has 132 valence electrons. The number of rotatable bonds is 5. The van der Waals surface area contributed by atoms with E-state index < -0.39 is 0 Å². The maximum absolute atomic E-state index is 12.4. The highest BCUT2D eigenvalue weighted by atomic mass is 16.1.